The van der Waals surface area contributed by atoms with Crippen molar-refractivity contribution in [3.63, 3.8) is 0 Å². The smallest absolute Gasteiger partial charge is 0.371 e. The molecule has 0 aliphatic carbocycles. The Hall–Kier alpha value is -3.48. The average molecular weight is 466 g/mol. The van der Waals surface area contributed by atoms with Crippen LogP contribution in [0.2, 0.25) is 0 Å². The lowest BCUT2D eigenvalue weighted by Crippen LogP contribution is -2.38. The van der Waals surface area contributed by atoms with E-state index < -0.39 is 11.7 Å². The zero-order valence-electron chi connectivity index (χ0n) is 18.9. The maximum atomic E-state index is 13.6. The normalized spacial score (nSPS) is 15.2. The minimum absolute atomic E-state index is 0.00298. The van der Waals surface area contributed by atoms with Gasteiger partial charge in [0.05, 0.1) is 23.1 Å². The Bertz CT molecular complexity index is 1380. The fraction of sp³-hybridized carbons (Fsp3) is 0.296. The van der Waals surface area contributed by atoms with Crippen molar-refractivity contribution in [1.82, 2.24) is 9.13 Å². The Balaban J connectivity index is 1.49. The van der Waals surface area contributed by atoms with Crippen LogP contribution in [0.5, 0.6) is 0 Å². The van der Waals surface area contributed by atoms with Crippen LogP contribution in [0.3, 0.4) is 0 Å². The summed E-state index contributed by atoms with van der Waals surface area (Å²) < 4.78 is 44.0. The van der Waals surface area contributed by atoms with Gasteiger partial charge in [-0.3, -0.25) is 9.13 Å². The fourth-order valence-electron chi connectivity index (χ4n) is 5.13. The summed E-state index contributed by atoms with van der Waals surface area (Å²) in [7, 11) is 0. The van der Waals surface area contributed by atoms with Gasteiger partial charge in [0.15, 0.2) is 0 Å². The fourth-order valence-corrected chi connectivity index (χ4v) is 5.13. The monoisotopic (exact) mass is 465 g/mol. The number of rotatable bonds is 4. The first-order chi connectivity index (χ1) is 16.3. The second-order valence-corrected chi connectivity index (χ2v) is 8.89. The van der Waals surface area contributed by atoms with E-state index in [-0.39, 0.29) is 23.8 Å². The largest absolute Gasteiger partial charge is 0.416 e. The van der Waals surface area contributed by atoms with Crippen molar-refractivity contribution in [1.29, 1.82) is 0 Å². The standard InChI is InChI=1S/C27H26F3N3O/c1-19-8-2-5-11-23(19)31-16-14-21(15-17-31)33-25-13-7-6-12-24(25)32(26(33)34)18-20-9-3-4-10-22(20)27(28,29)30/h2-13,21H,14-18H2,1H3. The van der Waals surface area contributed by atoms with E-state index in [1.54, 1.807) is 10.6 Å². The molecule has 0 radical (unpaired) electrons. The van der Waals surface area contributed by atoms with Crippen LogP contribution in [-0.4, -0.2) is 22.2 Å². The highest BCUT2D eigenvalue weighted by Gasteiger charge is 2.33. The van der Waals surface area contributed by atoms with Crippen LogP contribution >= 0.6 is 0 Å². The molecule has 4 nitrogen and oxygen atoms in total. The molecule has 1 aliphatic heterocycles. The molecule has 4 aromatic rings. The van der Waals surface area contributed by atoms with E-state index in [0.717, 1.165) is 37.5 Å². The number of hydrogen-bond acceptors (Lipinski definition) is 2. The molecule has 1 aliphatic rings. The molecule has 0 N–H and O–H groups in total. The van der Waals surface area contributed by atoms with E-state index in [1.807, 2.05) is 36.4 Å². The predicted octanol–water partition coefficient (Wildman–Crippen LogP) is 6.02. The van der Waals surface area contributed by atoms with Crippen molar-refractivity contribution in [2.75, 3.05) is 18.0 Å². The number of piperidine rings is 1. The quantitative estimate of drug-likeness (QED) is 0.369. The molecule has 7 heteroatoms. The molecular weight excluding hydrogens is 439 g/mol. The van der Waals surface area contributed by atoms with E-state index in [0.29, 0.717) is 5.52 Å². The van der Waals surface area contributed by atoms with E-state index in [9.17, 15) is 18.0 Å². The van der Waals surface area contributed by atoms with Crippen molar-refractivity contribution in [3.05, 3.63) is 100.0 Å². The lowest BCUT2D eigenvalue weighted by Gasteiger charge is -2.35. The highest BCUT2D eigenvalue weighted by molar-refractivity contribution is 5.76. The first-order valence-corrected chi connectivity index (χ1v) is 11.5. The van der Waals surface area contributed by atoms with Gasteiger partial charge in [-0.2, -0.15) is 13.2 Å². The van der Waals surface area contributed by atoms with Gasteiger partial charge in [-0.15, -0.1) is 0 Å². The summed E-state index contributed by atoms with van der Waals surface area (Å²) in [6.07, 6.45) is -2.89. The number of alkyl halides is 3. The van der Waals surface area contributed by atoms with Gasteiger partial charge in [0.25, 0.3) is 0 Å². The summed E-state index contributed by atoms with van der Waals surface area (Å²) in [4.78, 5) is 15.9. The minimum atomic E-state index is -4.47. The van der Waals surface area contributed by atoms with Crippen molar-refractivity contribution < 1.29 is 13.2 Å². The number of hydrogen-bond donors (Lipinski definition) is 0. The zero-order chi connectivity index (χ0) is 23.9. The Morgan fingerprint density at radius 2 is 1.47 bits per heavy atom. The number of benzene rings is 3. The Kier molecular flexibility index (Phi) is 5.71. The summed E-state index contributed by atoms with van der Waals surface area (Å²) in [5, 5.41) is 0. The SMILES string of the molecule is Cc1ccccc1N1CCC(n2c(=O)n(Cc3ccccc3C(F)(F)F)c3ccccc32)CC1. The zero-order valence-corrected chi connectivity index (χ0v) is 18.9. The van der Waals surface area contributed by atoms with Crippen molar-refractivity contribution >= 4 is 16.7 Å². The molecule has 0 bridgehead atoms. The first-order valence-electron chi connectivity index (χ1n) is 11.5. The van der Waals surface area contributed by atoms with Crippen molar-refractivity contribution in [2.24, 2.45) is 0 Å². The predicted molar refractivity (Wildman–Crippen MR) is 128 cm³/mol. The molecular formula is C27H26F3N3O. The van der Waals surface area contributed by atoms with Gasteiger partial charge in [0.1, 0.15) is 0 Å². The van der Waals surface area contributed by atoms with Crippen LogP contribution < -0.4 is 10.6 Å². The molecule has 2 heterocycles. The maximum Gasteiger partial charge on any atom is 0.416 e. The number of aromatic nitrogens is 2. The third kappa shape index (κ3) is 4.00. The van der Waals surface area contributed by atoms with Crippen molar-refractivity contribution in [2.45, 2.75) is 38.5 Å². The van der Waals surface area contributed by atoms with Gasteiger partial charge in [-0.05, 0) is 55.2 Å². The van der Waals surface area contributed by atoms with E-state index in [1.165, 1.54) is 28.0 Å². The summed E-state index contributed by atoms with van der Waals surface area (Å²) in [6.45, 7) is 3.61. The molecule has 0 saturated carbocycles. The molecule has 34 heavy (non-hydrogen) atoms. The van der Waals surface area contributed by atoms with Crippen LogP contribution in [0.15, 0.2) is 77.6 Å². The summed E-state index contributed by atoms with van der Waals surface area (Å²) in [6, 6.07) is 21.1. The number of imidazole rings is 1. The molecule has 5 rings (SSSR count). The topological polar surface area (TPSA) is 30.2 Å². The molecule has 0 unspecified atom stereocenters. The lowest BCUT2D eigenvalue weighted by atomic mass is 10.0. The molecule has 0 amide bonds. The van der Waals surface area contributed by atoms with Crippen molar-refractivity contribution in [3.8, 4) is 0 Å². The van der Waals surface area contributed by atoms with E-state index in [2.05, 4.69) is 24.0 Å². The third-order valence-corrected chi connectivity index (χ3v) is 6.81. The summed E-state index contributed by atoms with van der Waals surface area (Å²) in [5.74, 6) is 0. The van der Waals surface area contributed by atoms with Gasteiger partial charge in [-0.1, -0.05) is 48.5 Å². The number of halogens is 3. The number of nitrogens with zero attached hydrogens (tertiary/aromatic N) is 3. The first kappa shape index (κ1) is 22.3. The van der Waals surface area contributed by atoms with Gasteiger partial charge in [0, 0.05) is 24.8 Å². The molecule has 0 atom stereocenters. The maximum absolute atomic E-state index is 13.6. The second-order valence-electron chi connectivity index (χ2n) is 8.89. The van der Waals surface area contributed by atoms with Crippen LogP contribution in [0.4, 0.5) is 18.9 Å². The van der Waals surface area contributed by atoms with Crippen LogP contribution in [0.1, 0.15) is 35.6 Å². The van der Waals surface area contributed by atoms with Crippen LogP contribution in [0, 0.1) is 6.92 Å². The molecule has 1 saturated heterocycles. The number of fused-ring (bicyclic) bond motifs is 1. The Labute approximate surface area is 195 Å². The van der Waals surface area contributed by atoms with Crippen LogP contribution in [-0.2, 0) is 12.7 Å². The van der Waals surface area contributed by atoms with Gasteiger partial charge in [0.2, 0.25) is 0 Å². The minimum Gasteiger partial charge on any atom is -0.371 e. The molecule has 3 aromatic carbocycles. The van der Waals surface area contributed by atoms with Gasteiger partial charge in [-0.25, -0.2) is 4.79 Å². The molecule has 176 valence electrons. The van der Waals surface area contributed by atoms with E-state index in [4.69, 9.17) is 0 Å². The molecule has 0 spiro atoms. The lowest BCUT2D eigenvalue weighted by molar-refractivity contribution is -0.138. The van der Waals surface area contributed by atoms with Crippen LogP contribution in [0.25, 0.3) is 11.0 Å². The number of aryl methyl sites for hydroxylation is 1. The second kappa shape index (κ2) is 8.70. The number of anilines is 1. The highest BCUT2D eigenvalue weighted by Crippen LogP contribution is 2.33. The van der Waals surface area contributed by atoms with E-state index >= 15 is 0 Å². The summed E-state index contributed by atoms with van der Waals surface area (Å²) >= 11 is 0. The molecule has 1 fully saturated rings. The average Bonchev–Trinajstić information content (AvgIpc) is 3.10. The Morgan fingerprint density at radius 3 is 2.18 bits per heavy atom. The third-order valence-electron chi connectivity index (χ3n) is 6.81. The van der Waals surface area contributed by atoms with Gasteiger partial charge < -0.3 is 4.90 Å². The summed E-state index contributed by atoms with van der Waals surface area (Å²) in [5.41, 5.74) is 2.99. The molecule has 1 aromatic heterocycles. The number of para-hydroxylation sites is 3. The van der Waals surface area contributed by atoms with Gasteiger partial charge >= 0.3 is 11.9 Å². The highest BCUT2D eigenvalue weighted by atomic mass is 19.4. The Morgan fingerprint density at radius 1 is 0.853 bits per heavy atom.